The van der Waals surface area contributed by atoms with Gasteiger partial charge in [-0.25, -0.2) is 17.6 Å². The number of piperazine rings is 1. The van der Waals surface area contributed by atoms with E-state index in [-0.39, 0.29) is 46.6 Å². The first kappa shape index (κ1) is 120. The summed E-state index contributed by atoms with van der Waals surface area (Å²) in [6, 6.07) is 23.5. The first-order chi connectivity index (χ1) is 56.4. The van der Waals surface area contributed by atoms with Crippen molar-refractivity contribution in [1.29, 1.82) is 0 Å². The van der Waals surface area contributed by atoms with Crippen LogP contribution in [-0.4, -0.2) is 147 Å². The number of carbonyl (C=O) groups is 1. The maximum atomic E-state index is 13.3. The summed E-state index contributed by atoms with van der Waals surface area (Å²) in [5.41, 5.74) is 9.70. The zero-order valence-corrected chi connectivity index (χ0v) is 88.0. The van der Waals surface area contributed by atoms with E-state index >= 15 is 0 Å². The standard InChI is InChI=1S/C12H26N2.3C12H25N.2C11H15F.C11H21NO.C11H16.C10H12F2.C10H20.CH4/c1-5-13-8-10-14(11-9-13)7-6-12(2,3)4;3*1-5-8-13-9-6-11(7-10-13)12(2,3)4;1-8-5-6-10(12)9(7-8)11(2,3)4;1-8-5-6-9(10(12)7-8)11(2,3)4;1-9(13)12-7-5-10(6-8-12)11(2,3)4;1-9-7-5-6-8-10(9)11(2,3)4;1-10(2,3)7-5-4-6-8(11)9(7)12;1-10(2,3)9-7-5-4-6-8-9;/h5-11H2,1-4H3;3*11H,5-10H2,1-4H3;2*5-7H,1-4H3;10H,5-8H2,1-4H3;5-8H,1-4H3;4-6H,1-3H3;9H,4-8H2,1-3H3;1H4. The average molecular weight is 1740 g/mol. The van der Waals surface area contributed by atoms with Gasteiger partial charge in [0, 0.05) is 46.2 Å². The molecule has 124 heavy (non-hydrogen) atoms. The highest BCUT2D eigenvalue weighted by molar-refractivity contribution is 5.73. The largest absolute Gasteiger partial charge is 0.343 e. The number of hydrogen-bond acceptors (Lipinski definition) is 6. The Morgan fingerprint density at radius 3 is 0.935 bits per heavy atom. The van der Waals surface area contributed by atoms with Crippen LogP contribution in [0.15, 0.2) is 78.9 Å². The monoisotopic (exact) mass is 1740 g/mol. The van der Waals surface area contributed by atoms with Crippen LogP contribution < -0.4 is 0 Å². The molecule has 0 aromatic heterocycles. The van der Waals surface area contributed by atoms with Gasteiger partial charge < -0.3 is 29.4 Å². The number of halogens is 4. The predicted molar refractivity (Wildman–Crippen MR) is 541 cm³/mol. The van der Waals surface area contributed by atoms with E-state index in [4.69, 9.17) is 0 Å². The molecule has 6 fully saturated rings. The third-order valence-electron chi connectivity index (χ3n) is 26.7. The minimum absolute atomic E-state index is 0. The molecule has 720 valence electrons. The summed E-state index contributed by atoms with van der Waals surface area (Å²) in [7, 11) is 0. The number of piperidine rings is 4. The molecule has 11 heteroatoms. The van der Waals surface area contributed by atoms with E-state index in [0.29, 0.717) is 38.1 Å². The van der Waals surface area contributed by atoms with E-state index in [2.05, 4.69) is 229 Å². The lowest BCUT2D eigenvalue weighted by Crippen LogP contribution is -2.46. The molecule has 1 aliphatic carbocycles. The van der Waals surface area contributed by atoms with E-state index in [1.165, 1.54) is 231 Å². The van der Waals surface area contributed by atoms with E-state index in [1.807, 2.05) is 99.3 Å². The molecule has 1 amide bonds. The smallest absolute Gasteiger partial charge is 0.219 e. The molecule has 5 saturated heterocycles. The molecule has 0 radical (unpaired) electrons. The summed E-state index contributed by atoms with van der Waals surface area (Å²) < 4.78 is 52.5. The van der Waals surface area contributed by atoms with Gasteiger partial charge in [0.2, 0.25) is 5.91 Å². The fraction of sp³-hybridized carbons (Fsp3) is 0.779. The fourth-order valence-electron chi connectivity index (χ4n) is 17.8. The molecule has 10 rings (SSSR count). The van der Waals surface area contributed by atoms with Crippen LogP contribution in [0, 0.1) is 106 Å². The van der Waals surface area contributed by atoms with Gasteiger partial charge in [0.25, 0.3) is 0 Å². The maximum Gasteiger partial charge on any atom is 0.219 e. The summed E-state index contributed by atoms with van der Waals surface area (Å²) in [4.78, 5) is 26.0. The number of benzene rings is 4. The van der Waals surface area contributed by atoms with E-state index in [1.54, 1.807) is 25.1 Å². The number of likely N-dealkylation sites (tertiary alicyclic amines) is 4. The molecule has 6 aliphatic rings. The van der Waals surface area contributed by atoms with Gasteiger partial charge in [0.05, 0.1) is 0 Å². The molecule has 0 bridgehead atoms. The number of rotatable bonds is 9. The predicted octanol–water partition coefficient (Wildman–Crippen LogP) is 31.5. The second kappa shape index (κ2) is 55.9. The molecule has 0 N–H and O–H groups in total. The average Bonchev–Trinajstić information content (AvgIpc) is 0.851. The van der Waals surface area contributed by atoms with Crippen molar-refractivity contribution in [3.05, 3.63) is 141 Å². The zero-order valence-electron chi connectivity index (χ0n) is 88.0. The second-order valence-corrected chi connectivity index (χ2v) is 48.3. The fourth-order valence-corrected chi connectivity index (χ4v) is 17.8. The van der Waals surface area contributed by atoms with E-state index in [0.717, 1.165) is 71.0 Å². The van der Waals surface area contributed by atoms with E-state index < -0.39 is 11.6 Å². The first-order valence-electron chi connectivity index (χ1n) is 49.3. The number of likely N-dealkylation sites (N-methyl/N-ethyl adjacent to an activating group) is 1. The molecule has 4 aromatic rings. The number of nitrogens with zero attached hydrogens (tertiary/aromatic N) is 6. The van der Waals surface area contributed by atoms with Crippen LogP contribution in [-0.2, 0) is 26.5 Å². The van der Waals surface area contributed by atoms with Gasteiger partial charge in [-0.2, -0.15) is 0 Å². The summed E-state index contributed by atoms with van der Waals surface area (Å²) in [6.45, 7) is 105. The lowest BCUT2D eigenvalue weighted by Gasteiger charge is -2.38. The van der Waals surface area contributed by atoms with Crippen molar-refractivity contribution in [3.8, 4) is 0 Å². The minimum atomic E-state index is -0.776. The van der Waals surface area contributed by atoms with Crippen LogP contribution in [0.5, 0.6) is 0 Å². The van der Waals surface area contributed by atoms with Crippen molar-refractivity contribution in [3.63, 3.8) is 0 Å². The van der Waals surface area contributed by atoms with E-state index in [9.17, 15) is 22.4 Å². The molecular formula is C113H204F4N6O. The van der Waals surface area contributed by atoms with Crippen LogP contribution in [0.1, 0.15) is 398 Å². The number of amides is 1. The Morgan fingerprint density at radius 2 is 0.645 bits per heavy atom. The lowest BCUT2D eigenvalue weighted by molar-refractivity contribution is -0.130. The highest BCUT2D eigenvalue weighted by Gasteiger charge is 2.34. The third-order valence-corrected chi connectivity index (χ3v) is 26.7. The molecule has 4 aromatic carbocycles. The van der Waals surface area contributed by atoms with Crippen molar-refractivity contribution in [2.75, 3.05) is 111 Å². The highest BCUT2D eigenvalue weighted by Crippen LogP contribution is 2.40. The lowest BCUT2D eigenvalue weighted by atomic mass is 9.72. The van der Waals surface area contributed by atoms with Gasteiger partial charge in [-0.1, -0.05) is 328 Å². The minimum Gasteiger partial charge on any atom is -0.343 e. The molecule has 1 saturated carbocycles. The third kappa shape index (κ3) is 49.8. The van der Waals surface area contributed by atoms with Crippen LogP contribution in [0.4, 0.5) is 17.6 Å². The Kier molecular flexibility index (Phi) is 54.0. The van der Waals surface area contributed by atoms with Crippen LogP contribution in [0.25, 0.3) is 0 Å². The molecule has 5 heterocycles. The first-order valence-corrected chi connectivity index (χ1v) is 49.3. The zero-order chi connectivity index (χ0) is 94.5. The number of carbonyl (C=O) groups excluding carboxylic acids is 1. The van der Waals surface area contributed by atoms with Gasteiger partial charge in [-0.15, -0.1) is 0 Å². The Bertz CT molecular complexity index is 3350. The van der Waals surface area contributed by atoms with Gasteiger partial charge in [0.15, 0.2) is 11.6 Å². The summed E-state index contributed by atoms with van der Waals surface area (Å²) in [6.07, 6.45) is 23.4. The Labute approximate surface area is 768 Å². The van der Waals surface area contributed by atoms with Gasteiger partial charge in [-0.3, -0.25) is 4.79 Å². The van der Waals surface area contributed by atoms with Crippen molar-refractivity contribution in [2.24, 2.45) is 62.1 Å². The topological polar surface area (TPSA) is 36.5 Å². The van der Waals surface area contributed by atoms with Gasteiger partial charge in [-0.05, 0) is 318 Å². The Hall–Kier alpha value is -4.13. The summed E-state index contributed by atoms with van der Waals surface area (Å²) in [5.74, 6) is 3.14. The second-order valence-electron chi connectivity index (χ2n) is 48.3. The van der Waals surface area contributed by atoms with Crippen molar-refractivity contribution in [1.82, 2.24) is 29.4 Å². The number of aryl methyl sites for hydroxylation is 3. The number of hydrogen-bond donors (Lipinski definition) is 0. The molecule has 0 spiro atoms. The highest BCUT2D eigenvalue weighted by atomic mass is 19.2. The van der Waals surface area contributed by atoms with Gasteiger partial charge in [0.1, 0.15) is 11.6 Å². The molecule has 7 nitrogen and oxygen atoms in total. The van der Waals surface area contributed by atoms with Crippen molar-refractivity contribution >= 4 is 5.91 Å². The molecular weight excluding hydrogens is 1530 g/mol. The maximum absolute atomic E-state index is 13.3. The quantitative estimate of drug-likeness (QED) is 0.156. The normalized spacial score (nSPS) is 17.8. The molecule has 0 unspecified atom stereocenters. The van der Waals surface area contributed by atoms with Gasteiger partial charge >= 0.3 is 0 Å². The molecule has 0 atom stereocenters. The Balaban J connectivity index is 0.00000136. The summed E-state index contributed by atoms with van der Waals surface area (Å²) >= 11 is 0. The van der Waals surface area contributed by atoms with Crippen molar-refractivity contribution < 1.29 is 22.4 Å². The Morgan fingerprint density at radius 1 is 0.323 bits per heavy atom. The molecule has 5 aliphatic heterocycles. The van der Waals surface area contributed by atoms with Crippen LogP contribution in [0.3, 0.4) is 0 Å². The summed E-state index contributed by atoms with van der Waals surface area (Å²) in [5, 5.41) is 0. The SMILES string of the molecule is C.CC(=O)N1CCC(C(C)(C)C)CC1.CC(C)(C)C1CCCCC1.CC(C)(C)c1cccc(F)c1F.CCCN1CCC(C(C)(C)C)CC1.CCCN1CCC(C(C)(C)C)CC1.CCCN1CCC(C(C)(C)C)CC1.CCN1CCN(CCC(C)(C)C)CC1.Cc1ccc(C(C)(C)C)c(F)c1.Cc1ccc(F)c(C(C)(C)C)c1.Cc1ccccc1C(C)(C)C. The van der Waals surface area contributed by atoms with Crippen LogP contribution >= 0.6 is 0 Å². The van der Waals surface area contributed by atoms with Crippen molar-refractivity contribution in [2.45, 2.75) is 401 Å². The van der Waals surface area contributed by atoms with Crippen LogP contribution in [0.2, 0.25) is 0 Å².